The number of anilines is 1. The van der Waals surface area contributed by atoms with Crippen molar-refractivity contribution in [1.82, 2.24) is 4.90 Å². The Morgan fingerprint density at radius 2 is 1.89 bits per heavy atom. The highest BCUT2D eigenvalue weighted by Gasteiger charge is 2.21. The van der Waals surface area contributed by atoms with Crippen LogP contribution < -0.4 is 4.42 Å². The molecule has 0 heterocycles. The lowest BCUT2D eigenvalue weighted by Gasteiger charge is -2.16. The Morgan fingerprint density at radius 1 is 1.22 bits per heavy atom. The average molecular weight is 493 g/mol. The fraction of sp³-hybridized carbons (Fsp3) is 0.176. The lowest BCUT2D eigenvalue weighted by Crippen LogP contribution is -2.23. The molecule has 2 aromatic carbocycles. The highest BCUT2D eigenvalue weighted by molar-refractivity contribution is 9.10. The zero-order valence-electron chi connectivity index (χ0n) is 14.4. The largest absolute Gasteiger partial charge is 0.368 e. The molecule has 2 rings (SSSR count). The Hall–Kier alpha value is -1.61. The minimum absolute atomic E-state index is 0.0277. The number of nitrogens with zero attached hydrogens (tertiary/aromatic N) is 3. The molecule has 0 spiro atoms. The highest BCUT2D eigenvalue weighted by atomic mass is 79.9. The summed E-state index contributed by atoms with van der Waals surface area (Å²) in [5.41, 5.74) is 0.825. The van der Waals surface area contributed by atoms with E-state index < -0.39 is 15.9 Å². The van der Waals surface area contributed by atoms with Crippen LogP contribution >= 0.6 is 39.3 Å². The Bertz CT molecular complexity index is 981. The highest BCUT2D eigenvalue weighted by Crippen LogP contribution is 2.30. The molecule has 0 bridgehead atoms. The predicted molar refractivity (Wildman–Crippen MR) is 112 cm³/mol. The fourth-order valence-corrected chi connectivity index (χ4v) is 4.28. The first-order valence-corrected chi connectivity index (χ1v) is 10.6. The van der Waals surface area contributed by atoms with Crippen LogP contribution in [-0.4, -0.2) is 39.7 Å². The van der Waals surface area contributed by atoms with Gasteiger partial charge in [0.2, 0.25) is 5.91 Å². The molecule has 6 nitrogen and oxygen atoms in total. The average Bonchev–Trinajstić information content (AvgIpc) is 2.61. The molecule has 0 saturated carbocycles. The molecule has 0 radical (unpaired) electrons. The van der Waals surface area contributed by atoms with Gasteiger partial charge in [0, 0.05) is 35.4 Å². The van der Waals surface area contributed by atoms with Gasteiger partial charge in [-0.05, 0) is 45.8 Å². The second-order valence-corrected chi connectivity index (χ2v) is 8.92. The summed E-state index contributed by atoms with van der Waals surface area (Å²) in [5, 5.41) is 0.452. The zero-order chi connectivity index (χ0) is 20.2. The van der Waals surface area contributed by atoms with E-state index in [1.165, 1.54) is 29.4 Å². The molecule has 0 aromatic heterocycles. The third-order valence-electron chi connectivity index (χ3n) is 3.35. The number of carbonyl (C=O) groups excluding carboxylic acids is 1. The molecule has 0 N–H and O–H groups in total. The van der Waals surface area contributed by atoms with Crippen molar-refractivity contribution < 1.29 is 13.2 Å². The number of amides is 1. The van der Waals surface area contributed by atoms with Crippen LogP contribution in [0.2, 0.25) is 5.02 Å². The van der Waals surface area contributed by atoms with E-state index in [1.54, 1.807) is 38.4 Å². The van der Waals surface area contributed by atoms with Gasteiger partial charge in [-0.25, -0.2) is 4.42 Å². The fourth-order valence-electron chi connectivity index (χ4n) is 2.04. The first-order chi connectivity index (χ1) is 12.6. The van der Waals surface area contributed by atoms with Gasteiger partial charge < -0.3 is 4.90 Å². The molecule has 0 atom stereocenters. The van der Waals surface area contributed by atoms with Crippen LogP contribution in [0.3, 0.4) is 0 Å². The van der Waals surface area contributed by atoms with Crippen molar-refractivity contribution in [3.05, 3.63) is 57.5 Å². The lowest BCUT2D eigenvalue weighted by molar-refractivity contribution is -0.116. The summed E-state index contributed by atoms with van der Waals surface area (Å²) in [7, 11) is -0.668. The Kier molecular flexibility index (Phi) is 7.27. The van der Waals surface area contributed by atoms with Gasteiger partial charge in [-0.1, -0.05) is 29.8 Å². The summed E-state index contributed by atoms with van der Waals surface area (Å²) in [6, 6.07) is 11.2. The van der Waals surface area contributed by atoms with E-state index in [1.807, 2.05) is 0 Å². The van der Waals surface area contributed by atoms with Crippen LogP contribution in [0.5, 0.6) is 0 Å². The summed E-state index contributed by atoms with van der Waals surface area (Å²) in [5.74, 6) is -0.452. The van der Waals surface area contributed by atoms with E-state index in [9.17, 15) is 13.2 Å². The molecular formula is C17H16BrCl2N3O3S. The van der Waals surface area contributed by atoms with E-state index in [4.69, 9.17) is 23.4 Å². The number of hydrogen-bond acceptors (Lipinski definition) is 3. The summed E-state index contributed by atoms with van der Waals surface area (Å²) >= 11 is 15.4. The molecule has 144 valence electrons. The third kappa shape index (κ3) is 5.68. The molecule has 0 fully saturated rings. The van der Waals surface area contributed by atoms with Crippen molar-refractivity contribution in [1.29, 1.82) is 0 Å². The Morgan fingerprint density at radius 3 is 2.52 bits per heavy atom. The van der Waals surface area contributed by atoms with Gasteiger partial charge in [0.15, 0.2) is 0 Å². The van der Waals surface area contributed by atoms with Crippen LogP contribution in [0.15, 0.2) is 56.2 Å². The normalized spacial score (nSPS) is 11.6. The van der Waals surface area contributed by atoms with Gasteiger partial charge in [0.25, 0.3) is 10.0 Å². The van der Waals surface area contributed by atoms with Crippen molar-refractivity contribution in [2.75, 3.05) is 18.5 Å². The van der Waals surface area contributed by atoms with Gasteiger partial charge in [0.05, 0.1) is 12.1 Å². The smallest absolute Gasteiger partial charge is 0.284 e. The topological polar surface area (TPSA) is 70.1 Å². The van der Waals surface area contributed by atoms with Gasteiger partial charge in [-0.3, -0.25) is 4.79 Å². The van der Waals surface area contributed by atoms with E-state index in [0.717, 1.165) is 4.42 Å². The van der Waals surface area contributed by atoms with Crippen molar-refractivity contribution in [3.63, 3.8) is 0 Å². The molecule has 0 unspecified atom stereocenters. The molecule has 27 heavy (non-hydrogen) atoms. The second-order valence-electron chi connectivity index (χ2n) is 5.72. The van der Waals surface area contributed by atoms with E-state index in [0.29, 0.717) is 15.1 Å². The van der Waals surface area contributed by atoms with Crippen molar-refractivity contribution in [3.8, 4) is 0 Å². The quantitative estimate of drug-likeness (QED) is 0.345. The lowest BCUT2D eigenvalue weighted by atomic mass is 10.1. The van der Waals surface area contributed by atoms with E-state index in [-0.39, 0.29) is 17.0 Å². The first kappa shape index (κ1) is 21.7. The number of hydrogen-bond donors (Lipinski definition) is 0. The number of halogens is 3. The standard InChI is InChI=1S/C17H16BrCl2N3O3S/c1-22(2)11-21-27(25,26)16-10-13(7-8-14(16)18)23(20)17(24)9-12-5-3-4-6-15(12)19/h3-8,10-11H,9H2,1-2H3. The minimum Gasteiger partial charge on any atom is -0.368 e. The molecule has 0 saturated heterocycles. The van der Waals surface area contributed by atoms with Gasteiger partial charge in [-0.2, -0.15) is 8.42 Å². The molecule has 0 aliphatic carbocycles. The Balaban J connectivity index is 2.31. The maximum absolute atomic E-state index is 12.5. The maximum Gasteiger partial charge on any atom is 0.284 e. The monoisotopic (exact) mass is 491 g/mol. The molecule has 0 aliphatic rings. The molecular weight excluding hydrogens is 477 g/mol. The number of sulfonamides is 1. The van der Waals surface area contributed by atoms with E-state index in [2.05, 4.69) is 20.3 Å². The predicted octanol–water partition coefficient (Wildman–Crippen LogP) is 4.11. The van der Waals surface area contributed by atoms with Crippen LogP contribution in [0.1, 0.15) is 5.56 Å². The summed E-state index contributed by atoms with van der Waals surface area (Å²) < 4.78 is 29.6. The van der Waals surface area contributed by atoms with Crippen LogP contribution in [-0.2, 0) is 21.2 Å². The van der Waals surface area contributed by atoms with Gasteiger partial charge in [-0.15, -0.1) is 4.40 Å². The third-order valence-corrected chi connectivity index (χ3v) is 6.33. The van der Waals surface area contributed by atoms with E-state index >= 15 is 0 Å². The number of carbonyl (C=O) groups is 1. The van der Waals surface area contributed by atoms with Crippen LogP contribution in [0.4, 0.5) is 5.69 Å². The first-order valence-electron chi connectivity index (χ1n) is 7.60. The SMILES string of the molecule is CN(C)C=NS(=O)(=O)c1cc(N(Cl)C(=O)Cc2ccccc2Cl)ccc1Br. The van der Waals surface area contributed by atoms with Crippen molar-refractivity contribution >= 4 is 67.3 Å². The number of rotatable bonds is 6. The summed E-state index contributed by atoms with van der Waals surface area (Å²) in [6.45, 7) is 0. The van der Waals surface area contributed by atoms with Crippen molar-refractivity contribution in [2.45, 2.75) is 11.3 Å². The van der Waals surface area contributed by atoms with Crippen molar-refractivity contribution in [2.24, 2.45) is 4.40 Å². The zero-order valence-corrected chi connectivity index (χ0v) is 18.3. The Labute approximate surface area is 176 Å². The number of benzene rings is 2. The van der Waals surface area contributed by atoms with Gasteiger partial charge >= 0.3 is 0 Å². The molecule has 0 aliphatic heterocycles. The molecule has 2 aromatic rings. The second kappa shape index (κ2) is 9.05. The minimum atomic E-state index is -3.97. The molecule has 1 amide bonds. The summed E-state index contributed by atoms with van der Waals surface area (Å²) in [4.78, 5) is 13.9. The summed E-state index contributed by atoms with van der Waals surface area (Å²) in [6.07, 6.45) is 1.15. The van der Waals surface area contributed by atoms with Crippen LogP contribution in [0, 0.1) is 0 Å². The van der Waals surface area contributed by atoms with Crippen LogP contribution in [0.25, 0.3) is 0 Å². The van der Waals surface area contributed by atoms with Gasteiger partial charge in [0.1, 0.15) is 11.2 Å². The maximum atomic E-state index is 12.5. The molecule has 10 heteroatoms.